The van der Waals surface area contributed by atoms with Crippen molar-refractivity contribution in [1.29, 1.82) is 0 Å². The van der Waals surface area contributed by atoms with E-state index in [-0.39, 0.29) is 29.7 Å². The van der Waals surface area contributed by atoms with Crippen LogP contribution in [0.1, 0.15) is 44.4 Å². The summed E-state index contributed by atoms with van der Waals surface area (Å²) in [4.78, 5) is 27.4. The first-order valence-corrected chi connectivity index (χ1v) is 11.2. The van der Waals surface area contributed by atoms with Gasteiger partial charge in [-0.25, -0.2) is 0 Å². The van der Waals surface area contributed by atoms with E-state index in [1.54, 1.807) is 31.2 Å². The smallest absolute Gasteiger partial charge is 0.295 e. The molecule has 1 atom stereocenters. The average Bonchev–Trinajstić information content (AvgIpc) is 3.02. The Bertz CT molecular complexity index is 1060. The standard InChI is InChI=1S/C25H28ClNO6/c1-4-32-20-14-17(9-10-19(20)26)23(29)21-22(16-7-5-8-18(28)13-16)27(25(31)24(21)30)11-6-12-33-15(2)3/h5,7-10,13-15,22,28-29H,4,6,11-12H2,1-3H3/b23-21-. The van der Waals surface area contributed by atoms with Crippen molar-refractivity contribution in [3.8, 4) is 11.5 Å². The number of halogens is 1. The van der Waals surface area contributed by atoms with Crippen molar-refractivity contribution in [1.82, 2.24) is 4.90 Å². The molecule has 1 unspecified atom stereocenters. The van der Waals surface area contributed by atoms with Crippen molar-refractivity contribution < 1.29 is 29.3 Å². The summed E-state index contributed by atoms with van der Waals surface area (Å²) < 4.78 is 11.1. The molecule has 0 aromatic heterocycles. The van der Waals surface area contributed by atoms with Crippen molar-refractivity contribution in [2.75, 3.05) is 19.8 Å². The average molecular weight is 474 g/mol. The molecule has 1 aliphatic rings. The SMILES string of the molecule is CCOc1cc(/C(O)=C2/C(=O)C(=O)N(CCCOC(C)C)C2c2cccc(O)c2)ccc1Cl. The number of benzene rings is 2. The highest BCUT2D eigenvalue weighted by molar-refractivity contribution is 6.46. The number of ether oxygens (including phenoxy) is 2. The first-order chi connectivity index (χ1) is 15.7. The Labute approximate surface area is 198 Å². The molecule has 1 aliphatic heterocycles. The Morgan fingerprint density at radius 1 is 1.18 bits per heavy atom. The second-order valence-corrected chi connectivity index (χ2v) is 8.35. The summed E-state index contributed by atoms with van der Waals surface area (Å²) in [5.74, 6) is -1.49. The number of likely N-dealkylation sites (tertiary alicyclic amines) is 1. The van der Waals surface area contributed by atoms with Crippen LogP contribution in [0.2, 0.25) is 5.02 Å². The minimum Gasteiger partial charge on any atom is -0.508 e. The summed E-state index contributed by atoms with van der Waals surface area (Å²) in [5, 5.41) is 21.5. The van der Waals surface area contributed by atoms with E-state index in [0.29, 0.717) is 41.5 Å². The maximum absolute atomic E-state index is 13.1. The molecule has 2 aromatic carbocycles. The zero-order chi connectivity index (χ0) is 24.1. The Morgan fingerprint density at radius 2 is 1.94 bits per heavy atom. The molecule has 7 nitrogen and oxygen atoms in total. The molecule has 1 saturated heterocycles. The van der Waals surface area contributed by atoms with Gasteiger partial charge in [-0.05, 0) is 63.1 Å². The highest BCUT2D eigenvalue weighted by atomic mass is 35.5. The Morgan fingerprint density at radius 3 is 2.61 bits per heavy atom. The van der Waals surface area contributed by atoms with Crippen LogP contribution in [0.4, 0.5) is 0 Å². The molecule has 0 spiro atoms. The first-order valence-electron chi connectivity index (χ1n) is 10.9. The van der Waals surface area contributed by atoms with Crippen LogP contribution >= 0.6 is 11.6 Å². The van der Waals surface area contributed by atoms with Gasteiger partial charge in [0.15, 0.2) is 0 Å². The predicted octanol–water partition coefficient (Wildman–Crippen LogP) is 4.68. The maximum atomic E-state index is 13.1. The number of aromatic hydroxyl groups is 1. The van der Waals surface area contributed by atoms with Crippen LogP contribution in [0.5, 0.6) is 11.5 Å². The molecule has 1 amide bonds. The number of carbonyl (C=O) groups excluding carboxylic acids is 2. The van der Waals surface area contributed by atoms with Crippen LogP contribution in [0.15, 0.2) is 48.0 Å². The van der Waals surface area contributed by atoms with Crippen LogP contribution in [0.25, 0.3) is 5.76 Å². The molecule has 0 aliphatic carbocycles. The Balaban J connectivity index is 2.06. The number of ketones is 1. The maximum Gasteiger partial charge on any atom is 0.295 e. The summed E-state index contributed by atoms with van der Waals surface area (Å²) in [6.45, 7) is 6.68. The van der Waals surface area contributed by atoms with E-state index in [4.69, 9.17) is 21.1 Å². The van der Waals surface area contributed by atoms with Crippen molar-refractivity contribution in [3.63, 3.8) is 0 Å². The van der Waals surface area contributed by atoms with E-state index in [9.17, 15) is 19.8 Å². The van der Waals surface area contributed by atoms with Gasteiger partial charge < -0.3 is 24.6 Å². The third-order valence-corrected chi connectivity index (χ3v) is 5.54. The van der Waals surface area contributed by atoms with E-state index in [1.807, 2.05) is 13.8 Å². The van der Waals surface area contributed by atoms with Gasteiger partial charge in [-0.15, -0.1) is 0 Å². The second kappa shape index (κ2) is 10.7. The van der Waals surface area contributed by atoms with Gasteiger partial charge in [-0.1, -0.05) is 23.7 Å². The highest BCUT2D eigenvalue weighted by Gasteiger charge is 2.45. The topological polar surface area (TPSA) is 96.3 Å². The molecule has 33 heavy (non-hydrogen) atoms. The lowest BCUT2D eigenvalue weighted by atomic mass is 9.95. The quantitative estimate of drug-likeness (QED) is 0.237. The normalized spacial score (nSPS) is 17.7. The van der Waals surface area contributed by atoms with E-state index in [0.717, 1.165) is 0 Å². The monoisotopic (exact) mass is 473 g/mol. The molecular formula is C25H28ClNO6. The lowest BCUT2D eigenvalue weighted by Gasteiger charge is -2.25. The lowest BCUT2D eigenvalue weighted by Crippen LogP contribution is -2.31. The number of hydrogen-bond donors (Lipinski definition) is 2. The van der Waals surface area contributed by atoms with Crippen molar-refractivity contribution >= 4 is 29.1 Å². The Hall–Kier alpha value is -3.03. The summed E-state index contributed by atoms with van der Waals surface area (Å²) >= 11 is 6.16. The molecule has 2 aromatic rings. The fourth-order valence-corrected chi connectivity index (χ4v) is 3.95. The molecule has 3 rings (SSSR count). The van der Waals surface area contributed by atoms with E-state index in [1.165, 1.54) is 23.1 Å². The number of rotatable bonds is 9. The van der Waals surface area contributed by atoms with Gasteiger partial charge in [0.05, 0.1) is 29.3 Å². The summed E-state index contributed by atoms with van der Waals surface area (Å²) in [5.41, 5.74) is 0.758. The number of phenols is 1. The van der Waals surface area contributed by atoms with Gasteiger partial charge >= 0.3 is 0 Å². The van der Waals surface area contributed by atoms with Crippen molar-refractivity contribution in [2.45, 2.75) is 39.3 Å². The molecule has 176 valence electrons. The van der Waals surface area contributed by atoms with Gasteiger partial charge in [-0.3, -0.25) is 9.59 Å². The zero-order valence-corrected chi connectivity index (χ0v) is 19.6. The third kappa shape index (κ3) is 5.49. The fraction of sp³-hybridized carbons (Fsp3) is 0.360. The van der Waals surface area contributed by atoms with Crippen LogP contribution < -0.4 is 4.74 Å². The van der Waals surface area contributed by atoms with Crippen molar-refractivity contribution in [3.05, 3.63) is 64.2 Å². The van der Waals surface area contributed by atoms with Gasteiger partial charge in [0.25, 0.3) is 11.7 Å². The number of aliphatic hydroxyl groups excluding tert-OH is 1. The van der Waals surface area contributed by atoms with Crippen LogP contribution in [-0.4, -0.2) is 52.7 Å². The van der Waals surface area contributed by atoms with Gasteiger partial charge in [0.1, 0.15) is 17.3 Å². The summed E-state index contributed by atoms with van der Waals surface area (Å²) in [6, 6.07) is 10.1. The molecule has 0 radical (unpaired) electrons. The number of hydrogen-bond acceptors (Lipinski definition) is 6. The molecule has 8 heteroatoms. The van der Waals surface area contributed by atoms with E-state index >= 15 is 0 Å². The molecule has 0 saturated carbocycles. The number of nitrogens with zero attached hydrogens (tertiary/aromatic N) is 1. The molecule has 1 heterocycles. The van der Waals surface area contributed by atoms with E-state index < -0.39 is 17.7 Å². The Kier molecular flexibility index (Phi) is 8.00. The molecular weight excluding hydrogens is 446 g/mol. The summed E-state index contributed by atoms with van der Waals surface area (Å²) in [6.07, 6.45) is 0.558. The highest BCUT2D eigenvalue weighted by Crippen LogP contribution is 2.41. The van der Waals surface area contributed by atoms with Crippen LogP contribution in [0, 0.1) is 0 Å². The second-order valence-electron chi connectivity index (χ2n) is 7.94. The van der Waals surface area contributed by atoms with Crippen LogP contribution in [-0.2, 0) is 14.3 Å². The predicted molar refractivity (Wildman–Crippen MR) is 125 cm³/mol. The van der Waals surface area contributed by atoms with Gasteiger partial charge in [0.2, 0.25) is 0 Å². The molecule has 2 N–H and O–H groups in total. The molecule has 0 bridgehead atoms. The lowest BCUT2D eigenvalue weighted by molar-refractivity contribution is -0.140. The molecule has 1 fully saturated rings. The number of Topliss-reactive ketones (excluding diaryl/α,β-unsaturated/α-hetero) is 1. The fourth-order valence-electron chi connectivity index (χ4n) is 3.78. The number of carbonyl (C=O) groups is 2. The number of aliphatic hydroxyl groups is 1. The largest absolute Gasteiger partial charge is 0.508 e. The van der Waals surface area contributed by atoms with Gasteiger partial charge in [0, 0.05) is 18.7 Å². The minimum atomic E-state index is -0.859. The number of amides is 1. The van der Waals surface area contributed by atoms with Crippen LogP contribution in [0.3, 0.4) is 0 Å². The van der Waals surface area contributed by atoms with E-state index in [2.05, 4.69) is 0 Å². The zero-order valence-electron chi connectivity index (χ0n) is 18.9. The number of phenolic OH excluding ortho intramolecular Hbond substituents is 1. The van der Waals surface area contributed by atoms with Crippen molar-refractivity contribution in [2.24, 2.45) is 0 Å². The first kappa shape index (κ1) is 24.6. The van der Waals surface area contributed by atoms with Gasteiger partial charge in [-0.2, -0.15) is 0 Å². The third-order valence-electron chi connectivity index (χ3n) is 5.22. The minimum absolute atomic E-state index is 0.00801. The summed E-state index contributed by atoms with van der Waals surface area (Å²) in [7, 11) is 0.